The van der Waals surface area contributed by atoms with E-state index in [0.29, 0.717) is 18.4 Å². The topological polar surface area (TPSA) is 57.7 Å². The first kappa shape index (κ1) is 20.9. The van der Waals surface area contributed by atoms with Crippen LogP contribution in [0.2, 0.25) is 0 Å². The molecule has 2 aromatic rings. The lowest BCUT2D eigenvalue weighted by molar-refractivity contribution is -0.138. The van der Waals surface area contributed by atoms with Crippen LogP contribution in [0.15, 0.2) is 53.4 Å². The number of carbonyl (C=O) groups is 1. The fourth-order valence-electron chi connectivity index (χ4n) is 3.92. The molecular formula is C22H24F2N2O3S. The van der Waals surface area contributed by atoms with Crippen molar-refractivity contribution in [2.45, 2.75) is 43.2 Å². The quantitative estimate of drug-likeness (QED) is 0.699. The number of halogens is 2. The molecule has 0 aromatic heterocycles. The molecule has 0 radical (unpaired) electrons. The Hall–Kier alpha value is -2.32. The van der Waals surface area contributed by atoms with E-state index >= 15 is 0 Å². The summed E-state index contributed by atoms with van der Waals surface area (Å²) in [6.45, 7) is 0.701. The summed E-state index contributed by atoms with van der Waals surface area (Å²) < 4.78 is 54.1. The number of amides is 1. The van der Waals surface area contributed by atoms with Gasteiger partial charge in [-0.1, -0.05) is 18.2 Å². The van der Waals surface area contributed by atoms with E-state index in [2.05, 4.69) is 0 Å². The first-order valence-electron chi connectivity index (χ1n) is 10.2. The highest BCUT2D eigenvalue weighted by atomic mass is 32.2. The zero-order chi connectivity index (χ0) is 21.3. The highest BCUT2D eigenvalue weighted by molar-refractivity contribution is 7.89. The molecule has 0 spiro atoms. The molecule has 1 aliphatic carbocycles. The van der Waals surface area contributed by atoms with Gasteiger partial charge in [0.15, 0.2) is 0 Å². The van der Waals surface area contributed by atoms with Crippen molar-refractivity contribution in [3.8, 4) is 0 Å². The van der Waals surface area contributed by atoms with Crippen molar-refractivity contribution in [2.75, 3.05) is 13.1 Å². The molecule has 2 aliphatic rings. The smallest absolute Gasteiger partial charge is 0.243 e. The molecule has 5 nitrogen and oxygen atoms in total. The van der Waals surface area contributed by atoms with Gasteiger partial charge in [0.2, 0.25) is 15.9 Å². The lowest BCUT2D eigenvalue weighted by Gasteiger charge is -2.34. The molecule has 1 aliphatic heterocycles. The summed E-state index contributed by atoms with van der Waals surface area (Å²) >= 11 is 0. The molecule has 8 heteroatoms. The van der Waals surface area contributed by atoms with Crippen LogP contribution in [0.4, 0.5) is 8.78 Å². The van der Waals surface area contributed by atoms with Gasteiger partial charge in [-0.15, -0.1) is 0 Å². The number of piperidine rings is 1. The molecule has 1 saturated heterocycles. The fraction of sp³-hybridized carbons (Fsp3) is 0.409. The minimum Gasteiger partial charge on any atom is -0.335 e. The van der Waals surface area contributed by atoms with E-state index in [0.717, 1.165) is 25.0 Å². The Bertz CT molecular complexity index is 1010. The van der Waals surface area contributed by atoms with E-state index in [4.69, 9.17) is 0 Å². The first-order chi connectivity index (χ1) is 14.4. The summed E-state index contributed by atoms with van der Waals surface area (Å²) in [5, 5.41) is 0. The first-order valence-corrected chi connectivity index (χ1v) is 11.6. The van der Waals surface area contributed by atoms with Gasteiger partial charge in [0, 0.05) is 37.2 Å². The predicted octanol–water partition coefficient (Wildman–Crippen LogP) is 3.56. The van der Waals surface area contributed by atoms with Crippen LogP contribution in [0.5, 0.6) is 0 Å². The predicted molar refractivity (Wildman–Crippen MR) is 108 cm³/mol. The molecule has 2 aromatic carbocycles. The van der Waals surface area contributed by atoms with Crippen LogP contribution in [0.25, 0.3) is 0 Å². The average Bonchev–Trinajstić information content (AvgIpc) is 3.58. The number of hydrogen-bond donors (Lipinski definition) is 0. The third-order valence-electron chi connectivity index (χ3n) is 5.82. The Morgan fingerprint density at radius 2 is 1.60 bits per heavy atom. The second-order valence-electron chi connectivity index (χ2n) is 7.92. The fourth-order valence-corrected chi connectivity index (χ4v) is 5.39. The Morgan fingerprint density at radius 1 is 0.967 bits per heavy atom. The van der Waals surface area contributed by atoms with Gasteiger partial charge in [0.05, 0.1) is 4.90 Å². The van der Waals surface area contributed by atoms with E-state index in [9.17, 15) is 22.0 Å². The lowest BCUT2D eigenvalue weighted by atomic mass is 9.96. The van der Waals surface area contributed by atoms with Gasteiger partial charge in [-0.2, -0.15) is 4.31 Å². The Morgan fingerprint density at radius 3 is 2.20 bits per heavy atom. The number of carbonyl (C=O) groups excluding carboxylic acids is 1. The molecule has 4 rings (SSSR count). The van der Waals surface area contributed by atoms with Crippen molar-refractivity contribution in [1.82, 2.24) is 9.21 Å². The van der Waals surface area contributed by atoms with Gasteiger partial charge >= 0.3 is 0 Å². The van der Waals surface area contributed by atoms with Gasteiger partial charge < -0.3 is 4.90 Å². The van der Waals surface area contributed by atoms with Gasteiger partial charge in [-0.05, 0) is 56.0 Å². The maximum atomic E-state index is 14.1. The molecule has 0 N–H and O–H groups in total. The summed E-state index contributed by atoms with van der Waals surface area (Å²) in [7, 11) is -3.71. The molecule has 30 heavy (non-hydrogen) atoms. The maximum Gasteiger partial charge on any atom is 0.243 e. The van der Waals surface area contributed by atoms with Crippen LogP contribution in [0.1, 0.15) is 31.2 Å². The van der Waals surface area contributed by atoms with Gasteiger partial charge in [0.25, 0.3) is 0 Å². The summed E-state index contributed by atoms with van der Waals surface area (Å²) in [6.07, 6.45) is 2.66. The molecule has 160 valence electrons. The molecule has 0 bridgehead atoms. The van der Waals surface area contributed by atoms with E-state index in [1.165, 1.54) is 22.5 Å². The van der Waals surface area contributed by atoms with Crippen molar-refractivity contribution < 1.29 is 22.0 Å². The normalized spacial score (nSPS) is 18.3. The van der Waals surface area contributed by atoms with Crippen LogP contribution < -0.4 is 0 Å². The monoisotopic (exact) mass is 434 g/mol. The molecule has 1 amide bonds. The third kappa shape index (κ3) is 4.39. The maximum absolute atomic E-state index is 14.1. The van der Waals surface area contributed by atoms with Crippen LogP contribution in [-0.4, -0.2) is 42.7 Å². The Balaban J connectivity index is 1.42. The standard InChI is InChI=1S/C22H24F2N2O3S/c23-18-5-9-20(10-6-18)30(28,29)25-13-11-16(12-14-25)22(27)26(19-7-8-19)15-17-3-1-2-4-21(17)24/h1-6,9-10,16,19H,7-8,11-15H2. The molecule has 1 heterocycles. The molecule has 2 fully saturated rings. The Kier molecular flexibility index (Phi) is 5.88. The van der Waals surface area contributed by atoms with Gasteiger partial charge in [-0.3, -0.25) is 4.79 Å². The van der Waals surface area contributed by atoms with E-state index in [-0.39, 0.29) is 48.2 Å². The van der Waals surface area contributed by atoms with Crippen molar-refractivity contribution in [3.05, 3.63) is 65.7 Å². The summed E-state index contributed by atoms with van der Waals surface area (Å²) in [6, 6.07) is 11.4. The van der Waals surface area contributed by atoms with Crippen LogP contribution in [-0.2, 0) is 21.4 Å². The highest BCUT2D eigenvalue weighted by Crippen LogP contribution is 2.33. The second kappa shape index (κ2) is 8.43. The second-order valence-corrected chi connectivity index (χ2v) is 9.86. The van der Waals surface area contributed by atoms with Crippen LogP contribution in [0.3, 0.4) is 0 Å². The lowest BCUT2D eigenvalue weighted by Crippen LogP contribution is -2.44. The van der Waals surface area contributed by atoms with Crippen molar-refractivity contribution in [3.63, 3.8) is 0 Å². The number of benzene rings is 2. The number of rotatable bonds is 6. The highest BCUT2D eigenvalue weighted by Gasteiger charge is 2.39. The number of hydrogen-bond acceptors (Lipinski definition) is 3. The summed E-state index contributed by atoms with van der Waals surface area (Å²) in [5.74, 6) is -1.12. The minimum absolute atomic E-state index is 0.0282. The van der Waals surface area contributed by atoms with E-state index in [1.807, 2.05) is 0 Å². The minimum atomic E-state index is -3.71. The van der Waals surface area contributed by atoms with Crippen molar-refractivity contribution in [2.24, 2.45) is 5.92 Å². The van der Waals surface area contributed by atoms with Crippen LogP contribution in [0, 0.1) is 17.6 Å². The molecular weight excluding hydrogens is 410 g/mol. The van der Waals surface area contributed by atoms with Gasteiger partial charge in [0.1, 0.15) is 11.6 Å². The summed E-state index contributed by atoms with van der Waals surface area (Å²) in [4.78, 5) is 15.0. The molecule has 1 saturated carbocycles. The van der Waals surface area contributed by atoms with E-state index in [1.54, 1.807) is 23.1 Å². The van der Waals surface area contributed by atoms with Crippen molar-refractivity contribution >= 4 is 15.9 Å². The van der Waals surface area contributed by atoms with E-state index < -0.39 is 15.8 Å². The largest absolute Gasteiger partial charge is 0.335 e. The zero-order valence-corrected chi connectivity index (χ0v) is 17.3. The average molecular weight is 435 g/mol. The SMILES string of the molecule is O=C(C1CCN(S(=O)(=O)c2ccc(F)cc2)CC1)N(Cc1ccccc1F)C1CC1. The van der Waals surface area contributed by atoms with Crippen LogP contribution >= 0.6 is 0 Å². The zero-order valence-electron chi connectivity index (χ0n) is 16.5. The molecule has 0 unspecified atom stereocenters. The van der Waals surface area contributed by atoms with Crippen molar-refractivity contribution in [1.29, 1.82) is 0 Å². The Labute approximate surface area is 175 Å². The number of sulfonamides is 1. The van der Waals surface area contributed by atoms with Gasteiger partial charge in [-0.25, -0.2) is 17.2 Å². The summed E-state index contributed by atoms with van der Waals surface area (Å²) in [5.41, 5.74) is 0.495. The molecule has 0 atom stereocenters. The number of nitrogens with zero attached hydrogens (tertiary/aromatic N) is 2. The third-order valence-corrected chi connectivity index (χ3v) is 7.74.